The zero-order valence-electron chi connectivity index (χ0n) is 10.2. The van der Waals surface area contributed by atoms with Crippen LogP contribution >= 0.6 is 0 Å². The highest BCUT2D eigenvalue weighted by Gasteiger charge is 2.02. The van der Waals surface area contributed by atoms with Gasteiger partial charge in [0, 0.05) is 18.9 Å². The molecule has 0 spiro atoms. The second kappa shape index (κ2) is 6.46. The first-order valence-corrected chi connectivity index (χ1v) is 5.77. The van der Waals surface area contributed by atoms with Gasteiger partial charge < -0.3 is 10.4 Å². The Balaban J connectivity index is 1.83. The summed E-state index contributed by atoms with van der Waals surface area (Å²) in [5, 5.41) is 14.2. The van der Waals surface area contributed by atoms with Gasteiger partial charge in [0.05, 0.1) is 12.8 Å². The highest BCUT2D eigenvalue weighted by atomic mass is 16.3. The van der Waals surface area contributed by atoms with Gasteiger partial charge in [-0.15, -0.1) is 0 Å². The van der Waals surface area contributed by atoms with Crippen molar-refractivity contribution in [2.24, 2.45) is 0 Å². The maximum absolute atomic E-state index is 11.6. The van der Waals surface area contributed by atoms with Gasteiger partial charge in [0.25, 0.3) is 0 Å². The van der Waals surface area contributed by atoms with Crippen molar-refractivity contribution in [2.75, 3.05) is 5.32 Å². The van der Waals surface area contributed by atoms with E-state index < -0.39 is 0 Å². The largest absolute Gasteiger partial charge is 0.392 e. The lowest BCUT2D eigenvalue weighted by molar-refractivity contribution is 0.251. The third-order valence-corrected chi connectivity index (χ3v) is 2.46. The van der Waals surface area contributed by atoms with Crippen LogP contribution in [0.3, 0.4) is 0 Å². The minimum absolute atomic E-state index is 0.0148. The molecule has 3 N–H and O–H groups in total. The van der Waals surface area contributed by atoms with Crippen molar-refractivity contribution in [1.82, 2.24) is 15.3 Å². The van der Waals surface area contributed by atoms with Crippen molar-refractivity contribution in [2.45, 2.75) is 13.2 Å². The summed E-state index contributed by atoms with van der Waals surface area (Å²) in [6.07, 6.45) is 4.50. The van der Waals surface area contributed by atoms with Crippen LogP contribution < -0.4 is 10.6 Å². The van der Waals surface area contributed by atoms with Gasteiger partial charge in [0.2, 0.25) is 0 Å². The number of nitrogens with zero attached hydrogens (tertiary/aromatic N) is 2. The number of carbonyl (C=O) groups excluding carboxylic acids is 1. The molecule has 2 amide bonds. The molecule has 2 rings (SSSR count). The average molecular weight is 258 g/mol. The second-order valence-corrected chi connectivity index (χ2v) is 3.87. The van der Waals surface area contributed by atoms with Crippen LogP contribution in [0.4, 0.5) is 10.6 Å². The Bertz CT molecular complexity index is 528. The average Bonchev–Trinajstić information content (AvgIpc) is 2.47. The number of hydrogen-bond donors (Lipinski definition) is 3. The Morgan fingerprint density at radius 3 is 2.53 bits per heavy atom. The van der Waals surface area contributed by atoms with E-state index in [2.05, 4.69) is 20.6 Å². The minimum atomic E-state index is -0.341. The lowest BCUT2D eigenvalue weighted by atomic mass is 10.1. The van der Waals surface area contributed by atoms with E-state index in [1.807, 2.05) is 24.3 Å². The fourth-order valence-corrected chi connectivity index (χ4v) is 1.47. The maximum atomic E-state index is 11.6. The highest BCUT2D eigenvalue weighted by molar-refractivity contribution is 5.87. The van der Waals surface area contributed by atoms with Crippen LogP contribution in [-0.4, -0.2) is 21.1 Å². The summed E-state index contributed by atoms with van der Waals surface area (Å²) in [4.78, 5) is 19.4. The molecule has 98 valence electrons. The predicted octanol–water partition coefficient (Wildman–Crippen LogP) is 1.29. The Morgan fingerprint density at radius 1 is 1.16 bits per heavy atom. The Kier molecular flexibility index (Phi) is 4.41. The van der Waals surface area contributed by atoms with Crippen LogP contribution in [0, 0.1) is 0 Å². The summed E-state index contributed by atoms with van der Waals surface area (Å²) < 4.78 is 0. The van der Waals surface area contributed by atoms with E-state index in [1.54, 1.807) is 0 Å². The molecule has 0 atom stereocenters. The number of aliphatic hydroxyl groups excluding tert-OH is 1. The van der Waals surface area contributed by atoms with E-state index in [9.17, 15) is 4.79 Å². The number of amides is 2. The third kappa shape index (κ3) is 4.04. The van der Waals surface area contributed by atoms with Gasteiger partial charge in [0.15, 0.2) is 5.82 Å². The molecule has 0 bridgehead atoms. The van der Waals surface area contributed by atoms with Crippen LogP contribution in [0.2, 0.25) is 0 Å². The molecule has 0 unspecified atom stereocenters. The first-order chi connectivity index (χ1) is 9.28. The van der Waals surface area contributed by atoms with Gasteiger partial charge in [-0.3, -0.25) is 10.3 Å². The maximum Gasteiger partial charge on any atom is 0.320 e. The Hall–Kier alpha value is -2.47. The minimum Gasteiger partial charge on any atom is -0.392 e. The van der Waals surface area contributed by atoms with Crippen molar-refractivity contribution in [1.29, 1.82) is 0 Å². The zero-order chi connectivity index (χ0) is 13.5. The molecule has 1 aromatic heterocycles. The number of rotatable bonds is 4. The molecule has 0 radical (unpaired) electrons. The number of urea groups is 1. The standard InChI is InChI=1S/C13H14N4O2/c18-9-11-3-1-10(2-4-11)7-16-13(19)17-12-8-14-5-6-15-12/h1-6,8,18H,7,9H2,(H2,15,16,17,19). The van der Waals surface area contributed by atoms with Crippen molar-refractivity contribution < 1.29 is 9.90 Å². The first-order valence-electron chi connectivity index (χ1n) is 5.77. The van der Waals surface area contributed by atoms with Crippen LogP contribution in [0.1, 0.15) is 11.1 Å². The third-order valence-electron chi connectivity index (χ3n) is 2.46. The molecule has 6 heteroatoms. The molecular weight excluding hydrogens is 244 g/mol. The van der Waals surface area contributed by atoms with Gasteiger partial charge in [-0.1, -0.05) is 24.3 Å². The first kappa shape index (κ1) is 13.0. The number of anilines is 1. The molecule has 19 heavy (non-hydrogen) atoms. The molecule has 0 saturated heterocycles. The summed E-state index contributed by atoms with van der Waals surface area (Å²) in [5.41, 5.74) is 1.79. The quantitative estimate of drug-likeness (QED) is 0.771. The summed E-state index contributed by atoms with van der Waals surface area (Å²) in [5.74, 6) is 0.399. The van der Waals surface area contributed by atoms with Crippen molar-refractivity contribution in [3.63, 3.8) is 0 Å². The smallest absolute Gasteiger partial charge is 0.320 e. The van der Waals surface area contributed by atoms with Crippen molar-refractivity contribution in [3.05, 3.63) is 54.0 Å². The van der Waals surface area contributed by atoms with E-state index in [1.165, 1.54) is 18.6 Å². The van der Waals surface area contributed by atoms with Crippen LogP contribution in [0.15, 0.2) is 42.9 Å². The van der Waals surface area contributed by atoms with Crippen molar-refractivity contribution in [3.8, 4) is 0 Å². The molecule has 0 aliphatic rings. The normalized spacial score (nSPS) is 9.95. The van der Waals surface area contributed by atoms with Gasteiger partial charge >= 0.3 is 6.03 Å². The number of aliphatic hydroxyl groups is 1. The highest BCUT2D eigenvalue weighted by Crippen LogP contribution is 2.04. The van der Waals surface area contributed by atoms with Crippen LogP contribution in [0.5, 0.6) is 0 Å². The molecular formula is C13H14N4O2. The van der Waals surface area contributed by atoms with Gasteiger partial charge in [-0.05, 0) is 11.1 Å². The molecule has 0 fully saturated rings. The molecule has 2 aromatic rings. The number of carbonyl (C=O) groups is 1. The summed E-state index contributed by atoms with van der Waals surface area (Å²) >= 11 is 0. The van der Waals surface area contributed by atoms with Crippen LogP contribution in [0.25, 0.3) is 0 Å². The molecule has 1 heterocycles. The van der Waals surface area contributed by atoms with E-state index in [4.69, 9.17) is 5.11 Å². The van der Waals surface area contributed by atoms with E-state index >= 15 is 0 Å². The molecule has 6 nitrogen and oxygen atoms in total. The monoisotopic (exact) mass is 258 g/mol. The fourth-order valence-electron chi connectivity index (χ4n) is 1.47. The van der Waals surface area contributed by atoms with E-state index in [0.29, 0.717) is 12.4 Å². The SMILES string of the molecule is O=C(NCc1ccc(CO)cc1)Nc1cnccn1. The number of nitrogens with one attached hydrogen (secondary N) is 2. The van der Waals surface area contributed by atoms with Gasteiger partial charge in [-0.2, -0.15) is 0 Å². The van der Waals surface area contributed by atoms with Crippen LogP contribution in [-0.2, 0) is 13.2 Å². The van der Waals surface area contributed by atoms with Gasteiger partial charge in [0.1, 0.15) is 0 Å². The Labute approximate surface area is 110 Å². The molecule has 0 aliphatic carbocycles. The predicted molar refractivity (Wildman–Crippen MR) is 70.3 cm³/mol. The fraction of sp³-hybridized carbons (Fsp3) is 0.154. The summed E-state index contributed by atoms with van der Waals surface area (Å²) in [6.45, 7) is 0.415. The topological polar surface area (TPSA) is 87.1 Å². The van der Waals surface area contributed by atoms with E-state index in [0.717, 1.165) is 11.1 Å². The van der Waals surface area contributed by atoms with E-state index in [-0.39, 0.29) is 12.6 Å². The molecule has 1 aromatic carbocycles. The van der Waals surface area contributed by atoms with Crippen molar-refractivity contribution >= 4 is 11.8 Å². The number of aromatic nitrogens is 2. The summed E-state index contributed by atoms with van der Waals surface area (Å²) in [7, 11) is 0. The number of benzene rings is 1. The lowest BCUT2D eigenvalue weighted by Gasteiger charge is -2.07. The molecule has 0 saturated carbocycles. The lowest BCUT2D eigenvalue weighted by Crippen LogP contribution is -2.28. The zero-order valence-corrected chi connectivity index (χ0v) is 10.2. The summed E-state index contributed by atoms with van der Waals surface area (Å²) in [6, 6.07) is 7.00. The molecule has 0 aliphatic heterocycles. The van der Waals surface area contributed by atoms with Gasteiger partial charge in [-0.25, -0.2) is 9.78 Å². The second-order valence-electron chi connectivity index (χ2n) is 3.87. The number of hydrogen-bond acceptors (Lipinski definition) is 4. The Morgan fingerprint density at radius 2 is 1.89 bits per heavy atom.